The van der Waals surface area contributed by atoms with E-state index in [9.17, 15) is 0 Å². The number of fused-ring (bicyclic) bond motifs is 12. The number of hydrogen-bond donors (Lipinski definition) is 0. The van der Waals surface area contributed by atoms with Gasteiger partial charge in [-0.3, -0.25) is 0 Å². The highest BCUT2D eigenvalue weighted by Crippen LogP contribution is 2.45. The van der Waals surface area contributed by atoms with Crippen LogP contribution in [-0.2, 0) is 0 Å². The maximum absolute atomic E-state index is 5.39. The molecule has 0 bridgehead atoms. The zero-order valence-electron chi connectivity index (χ0n) is 38.2. The van der Waals surface area contributed by atoms with Gasteiger partial charge in [0, 0.05) is 69.8 Å². The van der Waals surface area contributed by atoms with E-state index >= 15 is 0 Å². The van der Waals surface area contributed by atoms with Gasteiger partial charge in [0.05, 0.1) is 22.1 Å². The summed E-state index contributed by atoms with van der Waals surface area (Å²) >= 11 is 1.79. The first-order valence-corrected chi connectivity index (χ1v) is 24.8. The van der Waals surface area contributed by atoms with Crippen molar-refractivity contribution in [3.8, 4) is 56.7 Å². The molecule has 6 heteroatoms. The fourth-order valence-electron chi connectivity index (χ4n) is 11.0. The summed E-state index contributed by atoms with van der Waals surface area (Å²) in [5.41, 5.74) is 12.1. The third-order valence-corrected chi connectivity index (χ3v) is 15.5. The highest BCUT2D eigenvalue weighted by molar-refractivity contribution is 7.26. The molecule has 0 fully saturated rings. The molecule has 0 saturated carbocycles. The lowest BCUT2D eigenvalue weighted by Gasteiger charge is -2.13. The fraction of sp³-hybridized carbons (Fsp3) is 0. The molecule has 5 nitrogen and oxygen atoms in total. The molecule has 15 aromatic rings. The second-order valence-electron chi connectivity index (χ2n) is 18.4. The molecule has 0 aliphatic heterocycles. The van der Waals surface area contributed by atoms with Crippen molar-refractivity contribution in [3.05, 3.63) is 237 Å². The molecule has 0 atom stereocenters. The summed E-state index contributed by atoms with van der Waals surface area (Å²) in [6, 6.07) is 85.3. The Morgan fingerprint density at radius 2 is 0.859 bits per heavy atom. The van der Waals surface area contributed by atoms with Crippen LogP contribution in [-0.4, -0.2) is 24.1 Å². The van der Waals surface area contributed by atoms with E-state index in [1.165, 1.54) is 75.3 Å². The summed E-state index contributed by atoms with van der Waals surface area (Å²) in [5, 5.41) is 12.0. The largest absolute Gasteiger partial charge is 0.309 e. The Morgan fingerprint density at radius 3 is 1.68 bits per heavy atom. The van der Waals surface area contributed by atoms with Crippen LogP contribution in [0.5, 0.6) is 0 Å². The number of rotatable bonds is 6. The summed E-state index contributed by atoms with van der Waals surface area (Å²) in [6.45, 7) is 0. The molecule has 0 amide bonds. The highest BCUT2D eigenvalue weighted by atomic mass is 32.1. The summed E-state index contributed by atoms with van der Waals surface area (Å²) < 4.78 is 7.19. The van der Waals surface area contributed by atoms with Crippen LogP contribution in [0.3, 0.4) is 0 Å². The highest BCUT2D eigenvalue weighted by Gasteiger charge is 2.22. The third-order valence-electron chi connectivity index (χ3n) is 14.3. The van der Waals surface area contributed by atoms with Crippen LogP contribution in [0.1, 0.15) is 0 Å². The van der Waals surface area contributed by atoms with E-state index in [1.54, 1.807) is 11.3 Å². The van der Waals surface area contributed by atoms with Crippen LogP contribution < -0.4 is 0 Å². The first kappa shape index (κ1) is 39.7. The molecule has 11 aromatic carbocycles. The smallest absolute Gasteiger partial charge is 0.165 e. The van der Waals surface area contributed by atoms with Gasteiger partial charge in [-0.2, -0.15) is 0 Å². The molecular weight excluding hydrogens is 883 g/mol. The molecule has 330 valence electrons. The van der Waals surface area contributed by atoms with Crippen LogP contribution in [0.15, 0.2) is 237 Å². The maximum atomic E-state index is 5.39. The Morgan fingerprint density at radius 1 is 0.296 bits per heavy atom. The van der Waals surface area contributed by atoms with Gasteiger partial charge < -0.3 is 9.13 Å². The fourth-order valence-corrected chi connectivity index (χ4v) is 12.2. The number of benzene rings is 11. The minimum Gasteiger partial charge on any atom is -0.309 e. The van der Waals surface area contributed by atoms with Crippen molar-refractivity contribution in [2.45, 2.75) is 0 Å². The van der Waals surface area contributed by atoms with Crippen molar-refractivity contribution in [2.75, 3.05) is 0 Å². The number of aromatic nitrogens is 5. The summed E-state index contributed by atoms with van der Waals surface area (Å²) in [4.78, 5) is 15.9. The Kier molecular flexibility index (Phi) is 8.76. The van der Waals surface area contributed by atoms with E-state index in [-0.39, 0.29) is 0 Å². The summed E-state index contributed by atoms with van der Waals surface area (Å²) in [7, 11) is 0. The van der Waals surface area contributed by atoms with Crippen molar-refractivity contribution in [3.63, 3.8) is 0 Å². The van der Waals surface area contributed by atoms with E-state index in [1.807, 2.05) is 18.2 Å². The van der Waals surface area contributed by atoms with Gasteiger partial charge in [0.15, 0.2) is 17.5 Å². The van der Waals surface area contributed by atoms with Crippen molar-refractivity contribution in [1.29, 1.82) is 0 Å². The van der Waals surface area contributed by atoms with E-state index in [4.69, 9.17) is 15.0 Å². The molecule has 71 heavy (non-hydrogen) atoms. The molecule has 0 aliphatic carbocycles. The summed E-state index contributed by atoms with van der Waals surface area (Å²) in [5.74, 6) is 1.91. The van der Waals surface area contributed by atoms with Crippen LogP contribution in [0.2, 0.25) is 0 Å². The number of nitrogens with zero attached hydrogens (tertiary/aromatic N) is 5. The van der Waals surface area contributed by atoms with E-state index in [0.717, 1.165) is 49.2 Å². The van der Waals surface area contributed by atoms with Gasteiger partial charge in [-0.05, 0) is 105 Å². The third kappa shape index (κ3) is 6.28. The standard InChI is InChI=1S/C65H39N5S/c1-3-17-42(18-4-1)63-66-64(46-28-27-40-15-7-8-19-43(40)35-46)68-65(67-63)55-39-48(38-53-51-24-12-14-26-60(51)71-62(53)55)70-58-33-31-45(37-54(58)61-49-22-10-9-16-41(49)29-34-59(61)70)44-30-32-57-52(36-44)50-23-11-13-25-56(50)69(57)47-20-5-2-6-21-47/h1-39H. The van der Waals surface area contributed by atoms with Gasteiger partial charge in [0.2, 0.25) is 0 Å². The van der Waals surface area contributed by atoms with Gasteiger partial charge in [-0.25, -0.2) is 15.0 Å². The topological polar surface area (TPSA) is 48.5 Å². The van der Waals surface area contributed by atoms with Crippen LogP contribution >= 0.6 is 11.3 Å². The molecule has 0 radical (unpaired) electrons. The quantitative estimate of drug-likeness (QED) is 0.167. The average Bonchev–Trinajstić information content (AvgIpc) is 4.11. The van der Waals surface area contributed by atoms with Crippen molar-refractivity contribution >= 4 is 96.7 Å². The van der Waals surface area contributed by atoms with E-state index < -0.39 is 0 Å². The summed E-state index contributed by atoms with van der Waals surface area (Å²) in [6.07, 6.45) is 0. The molecule has 4 heterocycles. The van der Waals surface area contributed by atoms with Crippen molar-refractivity contribution in [1.82, 2.24) is 24.1 Å². The second kappa shape index (κ2) is 15.7. The zero-order chi connectivity index (χ0) is 46.6. The zero-order valence-corrected chi connectivity index (χ0v) is 39.0. The van der Waals surface area contributed by atoms with E-state index in [0.29, 0.717) is 17.5 Å². The number of hydrogen-bond acceptors (Lipinski definition) is 4. The molecule has 0 saturated heterocycles. The second-order valence-corrected chi connectivity index (χ2v) is 19.4. The minimum atomic E-state index is 0.636. The maximum Gasteiger partial charge on any atom is 0.165 e. The molecular formula is C65H39N5S. The van der Waals surface area contributed by atoms with Crippen LogP contribution in [0, 0.1) is 0 Å². The number of thiophene rings is 1. The lowest BCUT2D eigenvalue weighted by Crippen LogP contribution is -2.01. The van der Waals surface area contributed by atoms with Crippen LogP contribution in [0.4, 0.5) is 0 Å². The van der Waals surface area contributed by atoms with Gasteiger partial charge in [0.25, 0.3) is 0 Å². The minimum absolute atomic E-state index is 0.636. The predicted molar refractivity (Wildman–Crippen MR) is 298 cm³/mol. The van der Waals surface area contributed by atoms with Crippen molar-refractivity contribution in [2.24, 2.45) is 0 Å². The molecule has 0 spiro atoms. The monoisotopic (exact) mass is 921 g/mol. The number of para-hydroxylation sites is 2. The predicted octanol–water partition coefficient (Wildman–Crippen LogP) is 17.4. The van der Waals surface area contributed by atoms with Gasteiger partial charge in [-0.1, -0.05) is 164 Å². The van der Waals surface area contributed by atoms with Gasteiger partial charge in [0.1, 0.15) is 0 Å². The Balaban J connectivity index is 0.979. The average molecular weight is 922 g/mol. The SMILES string of the molecule is c1ccc(-c2nc(-c3ccc4ccccc4c3)nc(-c3cc(-n4c5ccc(-c6ccc7c(c6)c6ccccc6n7-c6ccccc6)cc5c5c6ccccc6ccc54)cc4c3sc3ccccc34)n2)cc1. The lowest BCUT2D eigenvalue weighted by atomic mass is 9.99. The van der Waals surface area contributed by atoms with Crippen LogP contribution in [0.25, 0.3) is 142 Å². The normalized spacial score (nSPS) is 11.9. The molecule has 0 aliphatic rings. The van der Waals surface area contributed by atoms with Crippen molar-refractivity contribution < 1.29 is 0 Å². The van der Waals surface area contributed by atoms with Gasteiger partial charge in [-0.15, -0.1) is 11.3 Å². The first-order valence-electron chi connectivity index (χ1n) is 24.0. The van der Waals surface area contributed by atoms with Gasteiger partial charge >= 0.3 is 0 Å². The Labute approximate surface area is 411 Å². The Bertz CT molecular complexity index is 4640. The lowest BCUT2D eigenvalue weighted by molar-refractivity contribution is 1.08. The Hall–Kier alpha value is -9.23. The first-order chi connectivity index (χ1) is 35.2. The van der Waals surface area contributed by atoms with E-state index in [2.05, 4.69) is 228 Å². The molecule has 15 rings (SSSR count). The molecule has 0 N–H and O–H groups in total. The molecule has 0 unspecified atom stereocenters. The molecule has 4 aromatic heterocycles.